The van der Waals surface area contributed by atoms with Gasteiger partial charge in [0.05, 0.1) is 0 Å². The Morgan fingerprint density at radius 3 is 2.35 bits per heavy atom. The Labute approximate surface area is 121 Å². The number of nitrogens with zero attached hydrogens (tertiary/aromatic N) is 2. The number of rotatable bonds is 4. The molecule has 1 aliphatic rings. The number of aromatic nitrogens is 1. The van der Waals surface area contributed by atoms with Gasteiger partial charge in [-0.2, -0.15) is 0 Å². The van der Waals surface area contributed by atoms with E-state index in [-0.39, 0.29) is 0 Å². The maximum atomic E-state index is 4.51. The Morgan fingerprint density at radius 1 is 0.900 bits per heavy atom. The number of likely N-dealkylation sites (tertiary alicyclic amines) is 1. The summed E-state index contributed by atoms with van der Waals surface area (Å²) >= 11 is 0. The van der Waals surface area contributed by atoms with E-state index in [9.17, 15) is 0 Å². The lowest BCUT2D eigenvalue weighted by atomic mass is 9.97. The number of piperidine rings is 1. The molecule has 0 radical (unpaired) electrons. The molecule has 20 heavy (non-hydrogen) atoms. The molecule has 0 amide bonds. The summed E-state index contributed by atoms with van der Waals surface area (Å²) in [4.78, 5) is 7.14. The number of hydrogen-bond donors (Lipinski definition) is 0. The van der Waals surface area contributed by atoms with Crippen LogP contribution in [-0.2, 0) is 6.42 Å². The van der Waals surface area contributed by atoms with Gasteiger partial charge in [0.25, 0.3) is 0 Å². The van der Waals surface area contributed by atoms with Crippen molar-refractivity contribution in [3.8, 4) is 0 Å². The van der Waals surface area contributed by atoms with Crippen molar-refractivity contribution in [3.05, 3.63) is 66.0 Å². The van der Waals surface area contributed by atoms with Crippen LogP contribution in [0.5, 0.6) is 0 Å². The van der Waals surface area contributed by atoms with Gasteiger partial charge in [-0.3, -0.25) is 9.88 Å². The molecule has 1 aromatic carbocycles. The van der Waals surface area contributed by atoms with Crippen molar-refractivity contribution in [2.45, 2.75) is 31.7 Å². The van der Waals surface area contributed by atoms with Gasteiger partial charge >= 0.3 is 0 Å². The van der Waals surface area contributed by atoms with Crippen molar-refractivity contribution >= 4 is 0 Å². The predicted octanol–water partition coefficient (Wildman–Crippen LogP) is 3.85. The van der Waals surface area contributed by atoms with E-state index in [1.165, 1.54) is 43.6 Å². The molecular formula is C18H22N2. The quantitative estimate of drug-likeness (QED) is 0.835. The Hall–Kier alpha value is -1.67. The zero-order valence-corrected chi connectivity index (χ0v) is 11.9. The maximum absolute atomic E-state index is 4.51. The number of benzene rings is 1. The summed E-state index contributed by atoms with van der Waals surface area (Å²) in [5.41, 5.74) is 2.60. The second kappa shape index (κ2) is 6.67. The summed E-state index contributed by atoms with van der Waals surface area (Å²) in [5.74, 6) is 0. The zero-order chi connectivity index (χ0) is 13.6. The lowest BCUT2D eigenvalue weighted by molar-refractivity contribution is 0.161. The molecule has 1 atom stereocenters. The van der Waals surface area contributed by atoms with Gasteiger partial charge in [0.2, 0.25) is 0 Å². The van der Waals surface area contributed by atoms with Gasteiger partial charge < -0.3 is 0 Å². The highest BCUT2D eigenvalue weighted by Crippen LogP contribution is 2.27. The third-order valence-corrected chi connectivity index (χ3v) is 4.14. The zero-order valence-electron chi connectivity index (χ0n) is 11.9. The first-order valence-electron chi connectivity index (χ1n) is 7.62. The molecule has 1 fully saturated rings. The van der Waals surface area contributed by atoms with E-state index >= 15 is 0 Å². The number of hydrogen-bond acceptors (Lipinski definition) is 2. The molecular weight excluding hydrogens is 244 g/mol. The van der Waals surface area contributed by atoms with Crippen molar-refractivity contribution in [2.24, 2.45) is 0 Å². The normalized spacial score (nSPS) is 17.8. The van der Waals surface area contributed by atoms with Crippen LogP contribution in [0.3, 0.4) is 0 Å². The highest BCUT2D eigenvalue weighted by Gasteiger charge is 2.22. The smallest absolute Gasteiger partial charge is 0.0422 e. The van der Waals surface area contributed by atoms with Crippen LogP contribution in [0.15, 0.2) is 54.7 Å². The Bertz CT molecular complexity index is 503. The van der Waals surface area contributed by atoms with Gasteiger partial charge in [0.15, 0.2) is 0 Å². The first kappa shape index (κ1) is 13.3. The van der Waals surface area contributed by atoms with E-state index in [1.54, 1.807) is 0 Å². The SMILES string of the molecule is c1ccc(C(Cc2ccccn2)N2CCCCC2)cc1. The molecule has 1 unspecified atom stereocenters. The second-order valence-electron chi connectivity index (χ2n) is 5.55. The average molecular weight is 266 g/mol. The molecule has 3 rings (SSSR count). The largest absolute Gasteiger partial charge is 0.296 e. The third-order valence-electron chi connectivity index (χ3n) is 4.14. The summed E-state index contributed by atoms with van der Waals surface area (Å²) in [6, 6.07) is 17.6. The first-order chi connectivity index (χ1) is 9.93. The second-order valence-corrected chi connectivity index (χ2v) is 5.55. The van der Waals surface area contributed by atoms with Gasteiger partial charge in [-0.15, -0.1) is 0 Å². The Balaban J connectivity index is 1.83. The molecule has 1 aliphatic heterocycles. The summed E-state index contributed by atoms with van der Waals surface area (Å²) < 4.78 is 0. The first-order valence-corrected chi connectivity index (χ1v) is 7.62. The Morgan fingerprint density at radius 2 is 1.65 bits per heavy atom. The summed E-state index contributed by atoms with van der Waals surface area (Å²) in [5, 5.41) is 0. The minimum atomic E-state index is 0.464. The van der Waals surface area contributed by atoms with E-state index in [4.69, 9.17) is 0 Å². The molecule has 0 saturated carbocycles. The summed E-state index contributed by atoms with van der Waals surface area (Å²) in [7, 11) is 0. The van der Waals surface area contributed by atoms with E-state index in [2.05, 4.69) is 52.3 Å². The van der Waals surface area contributed by atoms with Gasteiger partial charge in [-0.1, -0.05) is 42.8 Å². The van der Waals surface area contributed by atoms with Crippen LogP contribution in [0.1, 0.15) is 36.6 Å². The van der Waals surface area contributed by atoms with E-state index in [1.807, 2.05) is 12.3 Å². The van der Waals surface area contributed by atoms with Gasteiger partial charge in [-0.05, 0) is 43.6 Å². The molecule has 2 aromatic rings. The minimum Gasteiger partial charge on any atom is -0.296 e. The topological polar surface area (TPSA) is 16.1 Å². The summed E-state index contributed by atoms with van der Waals surface area (Å²) in [6.45, 7) is 2.43. The average Bonchev–Trinajstić information content (AvgIpc) is 2.55. The number of pyridine rings is 1. The van der Waals surface area contributed by atoms with Crippen LogP contribution in [0, 0.1) is 0 Å². The highest BCUT2D eigenvalue weighted by atomic mass is 15.2. The molecule has 0 aliphatic carbocycles. The van der Waals surface area contributed by atoms with Crippen molar-refractivity contribution in [3.63, 3.8) is 0 Å². The molecule has 2 heterocycles. The molecule has 1 saturated heterocycles. The van der Waals surface area contributed by atoms with E-state index < -0.39 is 0 Å². The van der Waals surface area contributed by atoms with Crippen LogP contribution in [-0.4, -0.2) is 23.0 Å². The monoisotopic (exact) mass is 266 g/mol. The molecule has 0 N–H and O–H groups in total. The lowest BCUT2D eigenvalue weighted by Gasteiger charge is -2.34. The third kappa shape index (κ3) is 3.26. The van der Waals surface area contributed by atoms with Crippen molar-refractivity contribution in [2.75, 3.05) is 13.1 Å². The standard InChI is InChI=1S/C18H22N2/c1-3-9-16(10-4-1)18(20-13-7-2-8-14-20)15-17-11-5-6-12-19-17/h1,3-6,9-12,18H,2,7-8,13-15H2. The fourth-order valence-corrected chi connectivity index (χ4v) is 3.08. The molecule has 2 nitrogen and oxygen atoms in total. The van der Waals surface area contributed by atoms with Gasteiger partial charge in [-0.25, -0.2) is 0 Å². The van der Waals surface area contributed by atoms with Crippen LogP contribution >= 0.6 is 0 Å². The van der Waals surface area contributed by atoms with E-state index in [0.717, 1.165) is 6.42 Å². The molecule has 0 spiro atoms. The molecule has 2 heteroatoms. The Kier molecular flexibility index (Phi) is 4.44. The molecule has 0 bridgehead atoms. The highest BCUT2D eigenvalue weighted by molar-refractivity contribution is 5.21. The van der Waals surface area contributed by atoms with Gasteiger partial charge in [0.1, 0.15) is 0 Å². The maximum Gasteiger partial charge on any atom is 0.0422 e. The predicted molar refractivity (Wildman–Crippen MR) is 82.5 cm³/mol. The molecule has 104 valence electrons. The van der Waals surface area contributed by atoms with Gasteiger partial charge in [0, 0.05) is 24.4 Å². The lowest BCUT2D eigenvalue weighted by Crippen LogP contribution is -2.35. The van der Waals surface area contributed by atoms with Crippen molar-refractivity contribution in [1.82, 2.24) is 9.88 Å². The van der Waals surface area contributed by atoms with Crippen LogP contribution in [0.4, 0.5) is 0 Å². The van der Waals surface area contributed by atoms with E-state index in [0.29, 0.717) is 6.04 Å². The minimum absolute atomic E-state index is 0.464. The fraction of sp³-hybridized carbons (Fsp3) is 0.389. The van der Waals surface area contributed by atoms with Crippen LogP contribution < -0.4 is 0 Å². The molecule has 1 aromatic heterocycles. The summed E-state index contributed by atoms with van der Waals surface area (Å²) in [6.07, 6.45) is 6.93. The van der Waals surface area contributed by atoms with Crippen LogP contribution in [0.2, 0.25) is 0 Å². The van der Waals surface area contributed by atoms with Crippen molar-refractivity contribution in [1.29, 1.82) is 0 Å². The van der Waals surface area contributed by atoms with Crippen molar-refractivity contribution < 1.29 is 0 Å². The van der Waals surface area contributed by atoms with Crippen LogP contribution in [0.25, 0.3) is 0 Å². The fourth-order valence-electron chi connectivity index (χ4n) is 3.08.